The van der Waals surface area contributed by atoms with E-state index in [0.29, 0.717) is 4.90 Å². The van der Waals surface area contributed by atoms with Gasteiger partial charge in [0.15, 0.2) is 9.84 Å². The number of rotatable bonds is 6. The summed E-state index contributed by atoms with van der Waals surface area (Å²) in [5, 5.41) is 0. The molecule has 0 aliphatic carbocycles. The van der Waals surface area contributed by atoms with Crippen LogP contribution < -0.4 is 0 Å². The third-order valence-electron chi connectivity index (χ3n) is 3.32. The highest BCUT2D eigenvalue weighted by Crippen LogP contribution is 2.14. The van der Waals surface area contributed by atoms with E-state index in [1.165, 1.54) is 12.1 Å². The molecule has 0 aromatic heterocycles. The number of halogens is 1. The van der Waals surface area contributed by atoms with Crippen LogP contribution in [0.1, 0.15) is 24.5 Å². The average Bonchev–Trinajstić information content (AvgIpc) is 2.50. The molecule has 0 spiro atoms. The van der Waals surface area contributed by atoms with Crippen molar-refractivity contribution in [1.29, 1.82) is 0 Å². The fourth-order valence-corrected chi connectivity index (χ4v) is 3.23. The molecule has 2 aromatic rings. The van der Waals surface area contributed by atoms with Crippen molar-refractivity contribution in [3.05, 3.63) is 71.6 Å². The summed E-state index contributed by atoms with van der Waals surface area (Å²) in [7, 11) is -3.33. The van der Waals surface area contributed by atoms with Gasteiger partial charge < -0.3 is 0 Å². The molecule has 0 unspecified atom stereocenters. The first-order valence-electron chi connectivity index (χ1n) is 7.25. The molecule has 0 bridgehead atoms. The second-order valence-electron chi connectivity index (χ2n) is 5.13. The molecule has 0 aliphatic rings. The summed E-state index contributed by atoms with van der Waals surface area (Å²) in [5.41, 5.74) is 1.91. The van der Waals surface area contributed by atoms with Gasteiger partial charge in [0, 0.05) is 0 Å². The Morgan fingerprint density at radius 3 is 2.23 bits per heavy atom. The number of aryl methyl sites for hydroxylation is 1. The van der Waals surface area contributed by atoms with Crippen LogP contribution in [-0.4, -0.2) is 14.2 Å². The predicted octanol–water partition coefficient (Wildman–Crippen LogP) is 4.27. The van der Waals surface area contributed by atoms with E-state index in [0.717, 1.165) is 24.0 Å². The van der Waals surface area contributed by atoms with E-state index in [-0.39, 0.29) is 11.6 Å². The highest BCUT2D eigenvalue weighted by Gasteiger charge is 2.11. The molecule has 0 aliphatic heterocycles. The number of hydrogen-bond donors (Lipinski definition) is 0. The van der Waals surface area contributed by atoms with Gasteiger partial charge >= 0.3 is 0 Å². The lowest BCUT2D eigenvalue weighted by Gasteiger charge is -2.03. The zero-order valence-electron chi connectivity index (χ0n) is 12.5. The Hall–Kier alpha value is -1.94. The van der Waals surface area contributed by atoms with Gasteiger partial charge in [0.1, 0.15) is 5.82 Å². The summed E-state index contributed by atoms with van der Waals surface area (Å²) in [6, 6.07) is 13.0. The maximum Gasteiger partial charge on any atom is 0.181 e. The normalized spacial score (nSPS) is 11.9. The van der Waals surface area contributed by atoms with Crippen LogP contribution in [0.4, 0.5) is 4.39 Å². The molecule has 2 nitrogen and oxygen atoms in total. The maximum atomic E-state index is 12.8. The summed E-state index contributed by atoms with van der Waals surface area (Å²) in [6.45, 7) is 2.09. The van der Waals surface area contributed by atoms with Crippen LogP contribution in [0.25, 0.3) is 6.08 Å². The van der Waals surface area contributed by atoms with E-state index < -0.39 is 9.84 Å². The third-order valence-corrected chi connectivity index (χ3v) is 4.94. The second-order valence-corrected chi connectivity index (χ2v) is 7.16. The minimum atomic E-state index is -3.33. The Bertz CT molecular complexity index is 730. The molecule has 2 rings (SSSR count). The van der Waals surface area contributed by atoms with Crippen molar-refractivity contribution in [2.24, 2.45) is 0 Å². The second kappa shape index (κ2) is 7.36. The van der Waals surface area contributed by atoms with E-state index in [4.69, 9.17) is 0 Å². The molecular formula is C18H19FO2S. The fraction of sp³-hybridized carbons (Fsp3) is 0.222. The molecule has 0 saturated carbocycles. The van der Waals surface area contributed by atoms with E-state index in [1.807, 2.05) is 12.1 Å². The van der Waals surface area contributed by atoms with Gasteiger partial charge in [-0.25, -0.2) is 12.8 Å². The minimum absolute atomic E-state index is 0.0719. The molecule has 0 heterocycles. The molecule has 0 amide bonds. The fourth-order valence-electron chi connectivity index (χ4n) is 2.13. The Labute approximate surface area is 131 Å². The van der Waals surface area contributed by atoms with Crippen molar-refractivity contribution < 1.29 is 12.8 Å². The van der Waals surface area contributed by atoms with Crippen LogP contribution in [0.15, 0.2) is 59.5 Å². The Kier molecular flexibility index (Phi) is 5.50. The predicted molar refractivity (Wildman–Crippen MR) is 87.9 cm³/mol. The van der Waals surface area contributed by atoms with Crippen LogP contribution in [0.3, 0.4) is 0 Å². The van der Waals surface area contributed by atoms with Crippen LogP contribution in [0.2, 0.25) is 0 Å². The molecule has 0 saturated heterocycles. The van der Waals surface area contributed by atoms with Crippen molar-refractivity contribution in [2.45, 2.75) is 24.7 Å². The quantitative estimate of drug-likeness (QED) is 0.797. The number of benzene rings is 2. The lowest BCUT2D eigenvalue weighted by Crippen LogP contribution is -2.04. The number of sulfone groups is 1. The van der Waals surface area contributed by atoms with Crippen LogP contribution in [0.5, 0.6) is 0 Å². The van der Waals surface area contributed by atoms with Crippen molar-refractivity contribution in [3.8, 4) is 0 Å². The minimum Gasteiger partial charge on any atom is -0.223 e. The molecule has 0 fully saturated rings. The van der Waals surface area contributed by atoms with Crippen molar-refractivity contribution in [3.63, 3.8) is 0 Å². The Balaban J connectivity index is 2.05. The molecular weight excluding hydrogens is 299 g/mol. The monoisotopic (exact) mass is 318 g/mol. The van der Waals surface area contributed by atoms with Gasteiger partial charge in [0.2, 0.25) is 0 Å². The summed E-state index contributed by atoms with van der Waals surface area (Å²) >= 11 is 0. The van der Waals surface area contributed by atoms with E-state index in [9.17, 15) is 12.8 Å². The van der Waals surface area contributed by atoms with Gasteiger partial charge in [-0.1, -0.05) is 49.8 Å². The van der Waals surface area contributed by atoms with Crippen molar-refractivity contribution in [2.75, 3.05) is 5.75 Å². The van der Waals surface area contributed by atoms with Gasteiger partial charge in [-0.3, -0.25) is 0 Å². The van der Waals surface area contributed by atoms with Gasteiger partial charge in [-0.15, -0.1) is 0 Å². The first-order valence-corrected chi connectivity index (χ1v) is 8.90. The molecule has 2 aromatic carbocycles. The summed E-state index contributed by atoms with van der Waals surface area (Å²) in [6.07, 6.45) is 5.25. The van der Waals surface area contributed by atoms with Crippen LogP contribution in [-0.2, 0) is 16.3 Å². The van der Waals surface area contributed by atoms with Gasteiger partial charge in [-0.2, -0.15) is 0 Å². The Morgan fingerprint density at radius 2 is 1.64 bits per heavy atom. The van der Waals surface area contributed by atoms with E-state index in [1.54, 1.807) is 36.4 Å². The molecule has 0 N–H and O–H groups in total. The zero-order valence-corrected chi connectivity index (χ0v) is 13.3. The standard InChI is InChI=1S/C18H19FO2S/c1-2-4-15-8-12-18(13-9-15)22(20,21)14-3-5-16-6-10-17(19)11-7-16/h3,5-13H,2,4,14H2,1H3. The molecule has 4 heteroatoms. The van der Waals surface area contributed by atoms with Crippen molar-refractivity contribution in [1.82, 2.24) is 0 Å². The van der Waals surface area contributed by atoms with E-state index >= 15 is 0 Å². The van der Waals surface area contributed by atoms with Crippen molar-refractivity contribution >= 4 is 15.9 Å². The highest BCUT2D eigenvalue weighted by atomic mass is 32.2. The SMILES string of the molecule is CCCc1ccc(S(=O)(=O)CC=Cc2ccc(F)cc2)cc1. The Morgan fingerprint density at radius 1 is 1.00 bits per heavy atom. The molecule has 0 radical (unpaired) electrons. The topological polar surface area (TPSA) is 34.1 Å². The lowest BCUT2D eigenvalue weighted by molar-refractivity contribution is 0.599. The van der Waals surface area contributed by atoms with E-state index in [2.05, 4.69) is 6.92 Å². The lowest BCUT2D eigenvalue weighted by atomic mass is 10.1. The smallest absolute Gasteiger partial charge is 0.181 e. The first kappa shape index (κ1) is 16.4. The van der Waals surface area contributed by atoms with Gasteiger partial charge in [0.05, 0.1) is 10.6 Å². The maximum absolute atomic E-state index is 12.8. The third kappa shape index (κ3) is 4.53. The molecule has 116 valence electrons. The van der Waals surface area contributed by atoms with Crippen LogP contribution >= 0.6 is 0 Å². The zero-order chi connectivity index (χ0) is 16.0. The van der Waals surface area contributed by atoms with Gasteiger partial charge in [-0.05, 0) is 41.8 Å². The first-order chi connectivity index (χ1) is 10.5. The summed E-state index contributed by atoms with van der Waals surface area (Å²) in [4.78, 5) is 0.330. The molecule has 22 heavy (non-hydrogen) atoms. The highest BCUT2D eigenvalue weighted by molar-refractivity contribution is 7.91. The summed E-state index contributed by atoms with van der Waals surface area (Å²) in [5.74, 6) is -0.380. The van der Waals surface area contributed by atoms with Crippen LogP contribution in [0, 0.1) is 5.82 Å². The number of hydrogen-bond acceptors (Lipinski definition) is 2. The van der Waals surface area contributed by atoms with Gasteiger partial charge in [0.25, 0.3) is 0 Å². The average molecular weight is 318 g/mol. The summed E-state index contributed by atoms with van der Waals surface area (Å²) < 4.78 is 37.3. The largest absolute Gasteiger partial charge is 0.223 e. The molecule has 0 atom stereocenters.